The van der Waals surface area contributed by atoms with Crippen molar-refractivity contribution in [2.75, 3.05) is 6.54 Å². The van der Waals surface area contributed by atoms with Crippen LogP contribution in [0.1, 0.15) is 28.4 Å². The van der Waals surface area contributed by atoms with Crippen molar-refractivity contribution >= 4 is 5.78 Å². The van der Waals surface area contributed by atoms with E-state index in [1.165, 1.54) is 6.20 Å². The fraction of sp³-hybridized carbons (Fsp3) is 0.200. The highest BCUT2D eigenvalue weighted by Crippen LogP contribution is 2.21. The predicted molar refractivity (Wildman–Crippen MR) is 74.2 cm³/mol. The number of hydrogen-bond acceptors (Lipinski definition) is 4. The molecule has 1 aromatic carbocycles. The van der Waals surface area contributed by atoms with Crippen molar-refractivity contribution in [2.24, 2.45) is 0 Å². The molecule has 0 saturated carbocycles. The topological polar surface area (TPSA) is 73.1 Å². The number of hydrogen-bond donors (Lipinski definition) is 0. The SMILES string of the molecule is O=C(C[C@H](C[N+](=O)[O-])c1ccccc1)c1ccccn1. The molecule has 5 nitrogen and oxygen atoms in total. The summed E-state index contributed by atoms with van der Waals surface area (Å²) in [7, 11) is 0. The minimum atomic E-state index is -0.430. The minimum Gasteiger partial charge on any atom is -0.292 e. The molecule has 0 unspecified atom stereocenters. The number of rotatable bonds is 6. The molecule has 2 aromatic rings. The van der Waals surface area contributed by atoms with Gasteiger partial charge in [-0.1, -0.05) is 36.4 Å². The third-order valence-corrected chi connectivity index (χ3v) is 3.02. The highest BCUT2D eigenvalue weighted by molar-refractivity contribution is 5.94. The van der Waals surface area contributed by atoms with E-state index in [4.69, 9.17) is 0 Å². The van der Waals surface area contributed by atoms with Crippen molar-refractivity contribution in [2.45, 2.75) is 12.3 Å². The van der Waals surface area contributed by atoms with Gasteiger partial charge in [-0.3, -0.25) is 19.9 Å². The number of carbonyl (C=O) groups excluding carboxylic acids is 1. The van der Waals surface area contributed by atoms with E-state index in [9.17, 15) is 14.9 Å². The molecule has 1 atom stereocenters. The summed E-state index contributed by atoms with van der Waals surface area (Å²) in [4.78, 5) is 26.5. The lowest BCUT2D eigenvalue weighted by Crippen LogP contribution is -2.17. The second-order valence-corrected chi connectivity index (χ2v) is 4.47. The van der Waals surface area contributed by atoms with E-state index in [-0.39, 0.29) is 23.7 Å². The first-order valence-corrected chi connectivity index (χ1v) is 6.28. The molecule has 0 N–H and O–H groups in total. The number of pyridine rings is 1. The molecule has 0 aliphatic rings. The van der Waals surface area contributed by atoms with E-state index in [1.54, 1.807) is 30.3 Å². The number of carbonyl (C=O) groups is 1. The molecule has 2 rings (SSSR count). The van der Waals surface area contributed by atoms with Gasteiger partial charge in [0.2, 0.25) is 6.54 Å². The second kappa shape index (κ2) is 6.56. The van der Waals surface area contributed by atoms with Crippen molar-refractivity contribution in [3.05, 3.63) is 76.1 Å². The highest BCUT2D eigenvalue weighted by Gasteiger charge is 2.22. The molecule has 0 saturated heterocycles. The van der Waals surface area contributed by atoms with E-state index in [0.29, 0.717) is 5.69 Å². The predicted octanol–water partition coefficient (Wildman–Crippen LogP) is 2.71. The Labute approximate surface area is 116 Å². The molecule has 0 aliphatic carbocycles. The average Bonchev–Trinajstić information content (AvgIpc) is 2.48. The van der Waals surface area contributed by atoms with Gasteiger partial charge >= 0.3 is 0 Å². The third-order valence-electron chi connectivity index (χ3n) is 3.02. The summed E-state index contributed by atoms with van der Waals surface area (Å²) in [6, 6.07) is 14.2. The van der Waals surface area contributed by atoms with Crippen LogP contribution < -0.4 is 0 Å². The number of ketones is 1. The average molecular weight is 270 g/mol. The fourth-order valence-corrected chi connectivity index (χ4v) is 2.05. The maximum Gasteiger partial charge on any atom is 0.211 e. The highest BCUT2D eigenvalue weighted by atomic mass is 16.6. The number of nitro groups is 1. The van der Waals surface area contributed by atoms with Crippen LogP contribution in [0.15, 0.2) is 54.7 Å². The minimum absolute atomic E-state index is 0.0853. The molecule has 0 bridgehead atoms. The molecule has 0 spiro atoms. The van der Waals surface area contributed by atoms with Gasteiger partial charge in [-0.25, -0.2) is 0 Å². The zero-order valence-corrected chi connectivity index (χ0v) is 10.8. The molecule has 0 radical (unpaired) electrons. The Morgan fingerprint density at radius 2 is 1.85 bits per heavy atom. The van der Waals surface area contributed by atoms with Crippen molar-refractivity contribution < 1.29 is 9.72 Å². The molecule has 0 amide bonds. The summed E-state index contributed by atoms with van der Waals surface area (Å²) in [5.41, 5.74) is 1.14. The van der Waals surface area contributed by atoms with Crippen LogP contribution in [0.2, 0.25) is 0 Å². The Kier molecular flexibility index (Phi) is 4.55. The Morgan fingerprint density at radius 3 is 2.45 bits per heavy atom. The Bertz CT molecular complexity index is 585. The number of Topliss-reactive ketones (excluding diaryl/α,β-unsaturated/α-hetero) is 1. The maximum atomic E-state index is 12.1. The largest absolute Gasteiger partial charge is 0.292 e. The summed E-state index contributed by atoms with van der Waals surface area (Å²) < 4.78 is 0. The van der Waals surface area contributed by atoms with Crippen molar-refractivity contribution in [1.29, 1.82) is 0 Å². The molecule has 1 aromatic heterocycles. The Hall–Kier alpha value is -2.56. The van der Waals surface area contributed by atoms with E-state index < -0.39 is 5.92 Å². The summed E-state index contributed by atoms with van der Waals surface area (Å²) in [5.74, 6) is -0.609. The van der Waals surface area contributed by atoms with Crippen molar-refractivity contribution in [3.8, 4) is 0 Å². The van der Waals surface area contributed by atoms with Gasteiger partial charge in [-0.2, -0.15) is 0 Å². The molecule has 0 fully saturated rings. The van der Waals surface area contributed by atoms with Gasteiger partial charge in [0.1, 0.15) is 5.69 Å². The number of aromatic nitrogens is 1. The van der Waals surface area contributed by atoms with Gasteiger partial charge in [-0.15, -0.1) is 0 Å². The number of nitrogens with zero attached hydrogens (tertiary/aromatic N) is 2. The van der Waals surface area contributed by atoms with E-state index in [1.807, 2.05) is 18.2 Å². The molecule has 102 valence electrons. The van der Waals surface area contributed by atoms with Gasteiger partial charge in [0.25, 0.3) is 0 Å². The van der Waals surface area contributed by atoms with E-state index in [0.717, 1.165) is 5.56 Å². The normalized spacial score (nSPS) is 11.8. The van der Waals surface area contributed by atoms with E-state index in [2.05, 4.69) is 4.98 Å². The lowest BCUT2D eigenvalue weighted by Gasteiger charge is -2.12. The lowest BCUT2D eigenvalue weighted by atomic mass is 9.93. The summed E-state index contributed by atoms with van der Waals surface area (Å²) in [5, 5.41) is 10.8. The molecule has 1 heterocycles. The summed E-state index contributed by atoms with van der Waals surface area (Å²) in [6.45, 7) is -0.261. The van der Waals surface area contributed by atoms with Gasteiger partial charge < -0.3 is 0 Å². The zero-order valence-electron chi connectivity index (χ0n) is 10.8. The van der Waals surface area contributed by atoms with Crippen LogP contribution in [0, 0.1) is 10.1 Å². The quantitative estimate of drug-likeness (QED) is 0.459. The first-order valence-electron chi connectivity index (χ1n) is 6.28. The van der Waals surface area contributed by atoms with Crippen LogP contribution >= 0.6 is 0 Å². The van der Waals surface area contributed by atoms with Crippen LogP contribution in [0.4, 0.5) is 0 Å². The zero-order chi connectivity index (χ0) is 14.4. The van der Waals surface area contributed by atoms with Gasteiger partial charge in [-0.05, 0) is 17.7 Å². The summed E-state index contributed by atoms with van der Waals surface area (Å²) >= 11 is 0. The molecular weight excluding hydrogens is 256 g/mol. The third kappa shape index (κ3) is 3.71. The number of benzene rings is 1. The van der Waals surface area contributed by atoms with Gasteiger partial charge in [0.05, 0.1) is 5.92 Å². The smallest absolute Gasteiger partial charge is 0.211 e. The van der Waals surface area contributed by atoms with Crippen LogP contribution in [0.3, 0.4) is 0 Å². The van der Waals surface area contributed by atoms with E-state index >= 15 is 0 Å². The first-order chi connectivity index (χ1) is 9.66. The van der Waals surface area contributed by atoms with Gasteiger partial charge in [0.15, 0.2) is 5.78 Å². The van der Waals surface area contributed by atoms with Crippen LogP contribution in [0.5, 0.6) is 0 Å². The Balaban J connectivity index is 2.16. The van der Waals surface area contributed by atoms with Crippen LogP contribution in [0.25, 0.3) is 0 Å². The fourth-order valence-electron chi connectivity index (χ4n) is 2.05. The standard InChI is InChI=1S/C15H14N2O3/c18-15(14-8-4-5-9-16-14)10-13(11-17(19)20)12-6-2-1-3-7-12/h1-9,13H,10-11H2/t13-/m1/s1. The van der Waals surface area contributed by atoms with Crippen LogP contribution in [-0.2, 0) is 0 Å². The van der Waals surface area contributed by atoms with Crippen LogP contribution in [-0.4, -0.2) is 22.2 Å². The van der Waals surface area contributed by atoms with Gasteiger partial charge in [0, 0.05) is 17.5 Å². The molecule has 20 heavy (non-hydrogen) atoms. The molecule has 5 heteroatoms. The van der Waals surface area contributed by atoms with Crippen molar-refractivity contribution in [3.63, 3.8) is 0 Å². The summed E-state index contributed by atoms with van der Waals surface area (Å²) in [6.07, 6.45) is 1.63. The molecule has 0 aliphatic heterocycles. The molecular formula is C15H14N2O3. The first kappa shape index (κ1) is 13.9. The Morgan fingerprint density at radius 1 is 1.15 bits per heavy atom. The monoisotopic (exact) mass is 270 g/mol. The lowest BCUT2D eigenvalue weighted by molar-refractivity contribution is -0.483. The maximum absolute atomic E-state index is 12.1. The van der Waals surface area contributed by atoms with Crippen molar-refractivity contribution in [1.82, 2.24) is 4.98 Å². The second-order valence-electron chi connectivity index (χ2n) is 4.47.